The summed E-state index contributed by atoms with van der Waals surface area (Å²) < 4.78 is 10.7. The van der Waals surface area contributed by atoms with Crippen molar-refractivity contribution in [2.24, 2.45) is 0 Å². The summed E-state index contributed by atoms with van der Waals surface area (Å²) in [6.07, 6.45) is 74.7. The van der Waals surface area contributed by atoms with E-state index in [2.05, 4.69) is 123 Å². The number of unbranched alkanes of at least 4 members (excludes halogenated alkanes) is 19. The first-order chi connectivity index (χ1) is 30.6. The lowest BCUT2D eigenvalue weighted by atomic mass is 10.0. The highest BCUT2D eigenvalue weighted by molar-refractivity contribution is 5.70. The normalized spacial score (nSPS) is 13.1. The number of allylic oxidation sites excluding steroid dienone is 18. The van der Waals surface area contributed by atoms with Crippen molar-refractivity contribution in [3.8, 4) is 0 Å². The highest BCUT2D eigenvalue weighted by Crippen LogP contribution is 2.15. The van der Waals surface area contributed by atoms with Crippen LogP contribution in [0, 0.1) is 0 Å². The van der Waals surface area contributed by atoms with Crippen LogP contribution in [-0.2, 0) is 19.1 Å². The number of hydrogen-bond acceptors (Lipinski definition) is 5. The molecule has 0 aliphatic rings. The van der Waals surface area contributed by atoms with Gasteiger partial charge in [-0.1, -0.05) is 220 Å². The van der Waals surface area contributed by atoms with Crippen LogP contribution in [0.25, 0.3) is 0 Å². The van der Waals surface area contributed by atoms with Gasteiger partial charge in [-0.2, -0.15) is 0 Å². The van der Waals surface area contributed by atoms with Crippen molar-refractivity contribution in [1.29, 1.82) is 0 Å². The average molecular weight is 859 g/mol. The number of ether oxygens (including phenoxy) is 2. The second kappa shape index (κ2) is 51.9. The molecule has 0 rings (SSSR count). The zero-order valence-electron chi connectivity index (χ0n) is 40.1. The summed E-state index contributed by atoms with van der Waals surface area (Å²) in [6, 6.07) is 0. The van der Waals surface area contributed by atoms with Crippen molar-refractivity contribution >= 4 is 11.9 Å². The third kappa shape index (κ3) is 49.2. The maximum Gasteiger partial charge on any atom is 0.306 e. The quantitative estimate of drug-likeness (QED) is 0.0375. The molecule has 0 saturated carbocycles. The molecule has 352 valence electrons. The molecule has 0 aromatic rings. The van der Waals surface area contributed by atoms with E-state index in [1.807, 2.05) is 0 Å². The summed E-state index contributed by atoms with van der Waals surface area (Å²) in [7, 11) is 0. The van der Waals surface area contributed by atoms with Gasteiger partial charge in [0.25, 0.3) is 0 Å². The summed E-state index contributed by atoms with van der Waals surface area (Å²) in [5.41, 5.74) is 0. The third-order valence-corrected chi connectivity index (χ3v) is 10.6. The lowest BCUT2D eigenvalue weighted by molar-refractivity contribution is -0.161. The molecule has 0 saturated heterocycles. The van der Waals surface area contributed by atoms with Gasteiger partial charge in [-0.15, -0.1) is 0 Å². The van der Waals surface area contributed by atoms with Crippen LogP contribution < -0.4 is 0 Å². The summed E-state index contributed by atoms with van der Waals surface area (Å²) in [6.45, 7) is 3.89. The topological polar surface area (TPSA) is 72.8 Å². The molecule has 1 atom stereocenters. The molecule has 0 bridgehead atoms. The maximum atomic E-state index is 12.3. The van der Waals surface area contributed by atoms with E-state index in [9.17, 15) is 14.7 Å². The Balaban J connectivity index is 3.53. The number of hydrogen-bond donors (Lipinski definition) is 1. The van der Waals surface area contributed by atoms with Gasteiger partial charge >= 0.3 is 11.9 Å². The highest BCUT2D eigenvalue weighted by atomic mass is 16.6. The molecule has 5 nitrogen and oxygen atoms in total. The highest BCUT2D eigenvalue weighted by Gasteiger charge is 2.16. The second-order valence-electron chi connectivity index (χ2n) is 16.5. The fourth-order valence-corrected chi connectivity index (χ4v) is 6.81. The van der Waals surface area contributed by atoms with E-state index in [1.165, 1.54) is 83.5 Å². The second-order valence-corrected chi connectivity index (χ2v) is 16.5. The van der Waals surface area contributed by atoms with Gasteiger partial charge in [-0.3, -0.25) is 9.59 Å². The Bertz CT molecular complexity index is 1250. The Morgan fingerprint density at radius 3 is 0.968 bits per heavy atom. The largest absolute Gasteiger partial charge is 0.462 e. The maximum absolute atomic E-state index is 12.3. The van der Waals surface area contributed by atoms with Crippen LogP contribution in [0.1, 0.15) is 219 Å². The predicted molar refractivity (Wildman–Crippen MR) is 269 cm³/mol. The van der Waals surface area contributed by atoms with Crippen molar-refractivity contribution in [2.45, 2.75) is 225 Å². The summed E-state index contributed by atoms with van der Waals surface area (Å²) >= 11 is 0. The van der Waals surface area contributed by atoms with Gasteiger partial charge in [0.1, 0.15) is 6.61 Å². The molecule has 0 aromatic carbocycles. The number of esters is 2. The Hall–Kier alpha value is -3.44. The van der Waals surface area contributed by atoms with Crippen LogP contribution in [0.15, 0.2) is 109 Å². The number of aliphatic hydroxyl groups excluding tert-OH is 1. The molecule has 5 heteroatoms. The van der Waals surface area contributed by atoms with Gasteiger partial charge < -0.3 is 14.6 Å². The molecule has 0 fully saturated rings. The monoisotopic (exact) mass is 859 g/mol. The number of carbonyl (C=O) groups excluding carboxylic acids is 2. The van der Waals surface area contributed by atoms with Crippen LogP contribution in [0.4, 0.5) is 0 Å². The van der Waals surface area contributed by atoms with Gasteiger partial charge in [0.05, 0.1) is 6.61 Å². The Kier molecular flexibility index (Phi) is 49.0. The lowest BCUT2D eigenvalue weighted by Crippen LogP contribution is -2.28. The molecule has 62 heavy (non-hydrogen) atoms. The molecule has 0 aliphatic carbocycles. The fraction of sp³-hybridized carbons (Fsp3) is 0.649. The van der Waals surface area contributed by atoms with Crippen molar-refractivity contribution in [1.82, 2.24) is 0 Å². The molecule has 1 N–H and O–H groups in total. The number of rotatable bonds is 45. The minimum absolute atomic E-state index is 0.0834. The van der Waals surface area contributed by atoms with E-state index in [0.717, 1.165) is 109 Å². The first kappa shape index (κ1) is 58.6. The van der Waals surface area contributed by atoms with Crippen molar-refractivity contribution in [3.05, 3.63) is 109 Å². The predicted octanol–water partition coefficient (Wildman–Crippen LogP) is 17.0. The van der Waals surface area contributed by atoms with Crippen LogP contribution >= 0.6 is 0 Å². The SMILES string of the molecule is CC/C=C\C/C=C\C/C=C\C/C=C\C/C=C\CCCCCCCCCCCCCCCCCC(=O)OC(CO)COC(=O)CCCCCC/C=C\C/C=C\C/C=C\C/C=C\CC. The van der Waals surface area contributed by atoms with Crippen LogP contribution in [-0.4, -0.2) is 36.4 Å². The van der Waals surface area contributed by atoms with Gasteiger partial charge in [0.15, 0.2) is 6.10 Å². The third-order valence-electron chi connectivity index (χ3n) is 10.6. The molecular formula is C57H94O5. The van der Waals surface area contributed by atoms with E-state index in [4.69, 9.17) is 9.47 Å². The molecule has 1 unspecified atom stereocenters. The summed E-state index contributed by atoms with van der Waals surface area (Å²) in [5.74, 6) is -0.622. The molecular weight excluding hydrogens is 765 g/mol. The molecule has 0 spiro atoms. The van der Waals surface area contributed by atoms with Crippen LogP contribution in [0.3, 0.4) is 0 Å². The Morgan fingerprint density at radius 1 is 0.371 bits per heavy atom. The van der Waals surface area contributed by atoms with E-state index in [0.29, 0.717) is 12.8 Å². The standard InChI is InChI=1S/C57H94O5/c1-3-5-7-9-11-13-15-17-19-21-22-23-24-25-26-27-28-29-30-31-32-33-34-36-38-40-42-44-46-48-50-52-57(60)62-55(53-58)54-61-56(59)51-49-47-45-43-41-39-37-35-20-18-16-14-12-10-8-6-4-2/h5-8,11-14,17-20,22-23,25-26,37,39,55,58H,3-4,9-10,15-16,21,24,27-36,38,40-54H2,1-2H3/b7-5-,8-6-,13-11-,14-12-,19-17-,20-18-,23-22-,26-25-,39-37-. The first-order valence-corrected chi connectivity index (χ1v) is 25.4. The molecule has 0 aromatic heterocycles. The Labute approximate surface area is 382 Å². The zero-order chi connectivity index (χ0) is 44.9. The van der Waals surface area contributed by atoms with Crippen molar-refractivity contribution < 1.29 is 24.2 Å². The fourth-order valence-electron chi connectivity index (χ4n) is 6.81. The van der Waals surface area contributed by atoms with E-state index in [-0.39, 0.29) is 25.2 Å². The number of carbonyl (C=O) groups is 2. The number of aliphatic hydroxyl groups is 1. The smallest absolute Gasteiger partial charge is 0.306 e. The van der Waals surface area contributed by atoms with Gasteiger partial charge in [-0.25, -0.2) is 0 Å². The zero-order valence-corrected chi connectivity index (χ0v) is 40.1. The lowest BCUT2D eigenvalue weighted by Gasteiger charge is -2.15. The minimum Gasteiger partial charge on any atom is -0.462 e. The van der Waals surface area contributed by atoms with E-state index in [1.54, 1.807) is 0 Å². The van der Waals surface area contributed by atoms with Crippen molar-refractivity contribution in [2.75, 3.05) is 13.2 Å². The summed E-state index contributed by atoms with van der Waals surface area (Å²) in [5, 5.41) is 9.62. The van der Waals surface area contributed by atoms with Crippen molar-refractivity contribution in [3.63, 3.8) is 0 Å². The molecule has 0 radical (unpaired) electrons. The molecule has 0 heterocycles. The molecule has 0 aliphatic heterocycles. The molecule has 0 amide bonds. The van der Waals surface area contributed by atoms with E-state index >= 15 is 0 Å². The first-order valence-electron chi connectivity index (χ1n) is 25.4. The van der Waals surface area contributed by atoms with Gasteiger partial charge in [0, 0.05) is 12.8 Å². The average Bonchev–Trinajstić information content (AvgIpc) is 3.28. The van der Waals surface area contributed by atoms with E-state index < -0.39 is 6.10 Å². The van der Waals surface area contributed by atoms with Gasteiger partial charge in [-0.05, 0) is 96.3 Å². The Morgan fingerprint density at radius 2 is 0.645 bits per heavy atom. The van der Waals surface area contributed by atoms with Crippen LogP contribution in [0.5, 0.6) is 0 Å². The van der Waals surface area contributed by atoms with Crippen LogP contribution in [0.2, 0.25) is 0 Å². The minimum atomic E-state index is -0.789. The van der Waals surface area contributed by atoms with Gasteiger partial charge in [0.2, 0.25) is 0 Å². The summed E-state index contributed by atoms with van der Waals surface area (Å²) in [4.78, 5) is 24.4.